The van der Waals surface area contributed by atoms with E-state index in [1.165, 1.54) is 0 Å². The number of methoxy groups -OCH3 is 1. The molecule has 0 N–H and O–H groups in total. The van der Waals surface area contributed by atoms with E-state index < -0.39 is 5.63 Å². The summed E-state index contributed by atoms with van der Waals surface area (Å²) in [5, 5.41) is 0.845. The third-order valence-electron chi connectivity index (χ3n) is 5.94. The van der Waals surface area contributed by atoms with Crippen LogP contribution in [0.3, 0.4) is 0 Å². The van der Waals surface area contributed by atoms with Gasteiger partial charge in [-0.15, -0.1) is 0 Å². The van der Waals surface area contributed by atoms with Gasteiger partial charge in [0.05, 0.1) is 24.7 Å². The van der Waals surface area contributed by atoms with Crippen LogP contribution in [0.15, 0.2) is 51.7 Å². The van der Waals surface area contributed by atoms with Crippen LogP contribution in [-0.4, -0.2) is 34.5 Å². The van der Waals surface area contributed by atoms with Crippen molar-refractivity contribution in [2.45, 2.75) is 39.8 Å². The van der Waals surface area contributed by atoms with E-state index >= 15 is 0 Å². The topological polar surface area (TPSA) is 77.6 Å². The molecule has 0 bridgehead atoms. The number of carbonyl (C=O) groups is 1. The van der Waals surface area contributed by atoms with Crippen LogP contribution in [0.4, 0.5) is 0 Å². The van der Waals surface area contributed by atoms with Crippen LogP contribution in [0.2, 0.25) is 0 Å². The van der Waals surface area contributed by atoms with Gasteiger partial charge >= 0.3 is 5.63 Å². The normalized spacial score (nSPS) is 11.2. The average Bonchev–Trinajstić information content (AvgIpc) is 3.15. The Hall–Kier alpha value is -3.61. The van der Waals surface area contributed by atoms with E-state index in [0.717, 1.165) is 34.4 Å². The molecule has 0 saturated heterocycles. The monoisotopic (exact) mass is 433 g/mol. The van der Waals surface area contributed by atoms with Crippen molar-refractivity contribution in [1.29, 1.82) is 0 Å². The number of hydrogen-bond donors (Lipinski definition) is 0. The van der Waals surface area contributed by atoms with Crippen molar-refractivity contribution in [1.82, 2.24) is 14.5 Å². The summed E-state index contributed by atoms with van der Waals surface area (Å²) in [4.78, 5) is 31.8. The first kappa shape index (κ1) is 21.6. The summed E-state index contributed by atoms with van der Waals surface area (Å²) in [5.74, 6) is 1.43. The number of hydrogen-bond acceptors (Lipinski definition) is 5. The largest absolute Gasteiger partial charge is 0.497 e. The molecular weight excluding hydrogens is 406 g/mol. The van der Waals surface area contributed by atoms with Gasteiger partial charge in [-0.1, -0.05) is 12.1 Å². The SMILES string of the molecule is CCn1c(CN(C)C(=O)CCc2c(C)c3ccc(OC)cc3oc2=O)nc2ccccc21. The number of fused-ring (bicyclic) bond motifs is 2. The number of nitrogens with zero attached hydrogens (tertiary/aromatic N) is 3. The van der Waals surface area contributed by atoms with Gasteiger partial charge in [-0.3, -0.25) is 4.79 Å². The van der Waals surface area contributed by atoms with E-state index in [2.05, 4.69) is 11.5 Å². The van der Waals surface area contributed by atoms with E-state index in [1.807, 2.05) is 43.3 Å². The standard InChI is InChI=1S/C25H27N3O4/c1-5-28-21-9-7-6-8-20(21)26-23(28)15-27(3)24(29)13-12-19-16(2)18-11-10-17(31-4)14-22(18)32-25(19)30/h6-11,14H,5,12-13,15H2,1-4H3. The molecule has 0 aliphatic heterocycles. The van der Waals surface area contributed by atoms with Gasteiger partial charge in [-0.05, 0) is 50.1 Å². The fourth-order valence-electron chi connectivity index (χ4n) is 4.11. The molecular formula is C25H27N3O4. The minimum absolute atomic E-state index is 0.0478. The van der Waals surface area contributed by atoms with Gasteiger partial charge in [0.1, 0.15) is 17.2 Å². The van der Waals surface area contributed by atoms with Crippen molar-refractivity contribution in [3.63, 3.8) is 0 Å². The van der Waals surface area contributed by atoms with E-state index in [-0.39, 0.29) is 12.3 Å². The second kappa shape index (κ2) is 8.86. The van der Waals surface area contributed by atoms with Crippen LogP contribution >= 0.6 is 0 Å². The first-order valence-electron chi connectivity index (χ1n) is 10.7. The predicted octanol–water partition coefficient (Wildman–Crippen LogP) is 4.07. The zero-order valence-corrected chi connectivity index (χ0v) is 18.8. The highest BCUT2D eigenvalue weighted by Crippen LogP contribution is 2.24. The zero-order valence-electron chi connectivity index (χ0n) is 18.8. The van der Waals surface area contributed by atoms with Gasteiger partial charge in [0.25, 0.3) is 0 Å². The number of ether oxygens (including phenoxy) is 1. The fourth-order valence-corrected chi connectivity index (χ4v) is 4.11. The molecule has 0 fully saturated rings. The number of aromatic nitrogens is 2. The summed E-state index contributed by atoms with van der Waals surface area (Å²) in [6.07, 6.45) is 0.541. The quantitative estimate of drug-likeness (QED) is 0.411. The van der Waals surface area contributed by atoms with Gasteiger partial charge in [-0.25, -0.2) is 9.78 Å². The smallest absolute Gasteiger partial charge is 0.339 e. The van der Waals surface area contributed by atoms with Crippen molar-refractivity contribution in [2.75, 3.05) is 14.2 Å². The third kappa shape index (κ3) is 3.98. The van der Waals surface area contributed by atoms with Crippen molar-refractivity contribution in [3.8, 4) is 5.75 Å². The molecule has 32 heavy (non-hydrogen) atoms. The highest BCUT2D eigenvalue weighted by molar-refractivity contribution is 5.83. The number of rotatable bonds is 7. The Bertz CT molecular complexity index is 1350. The molecule has 0 unspecified atom stereocenters. The van der Waals surface area contributed by atoms with Crippen molar-refractivity contribution in [2.24, 2.45) is 0 Å². The van der Waals surface area contributed by atoms with Crippen molar-refractivity contribution < 1.29 is 13.9 Å². The Kier molecular flexibility index (Phi) is 5.99. The van der Waals surface area contributed by atoms with Crippen LogP contribution < -0.4 is 10.4 Å². The Morgan fingerprint density at radius 3 is 2.75 bits per heavy atom. The number of carbonyl (C=O) groups excluding carboxylic acids is 1. The summed E-state index contributed by atoms with van der Waals surface area (Å²) in [6, 6.07) is 13.4. The van der Waals surface area contributed by atoms with Crippen LogP contribution in [-0.2, 0) is 24.3 Å². The van der Waals surface area contributed by atoms with Crippen LogP contribution in [0.25, 0.3) is 22.0 Å². The molecule has 2 aromatic carbocycles. The molecule has 0 radical (unpaired) electrons. The lowest BCUT2D eigenvalue weighted by Crippen LogP contribution is -2.28. The molecule has 4 rings (SSSR count). The molecule has 1 amide bonds. The van der Waals surface area contributed by atoms with E-state index in [4.69, 9.17) is 14.1 Å². The maximum absolute atomic E-state index is 12.8. The van der Waals surface area contributed by atoms with E-state index in [1.54, 1.807) is 25.1 Å². The number of para-hydroxylation sites is 2. The van der Waals surface area contributed by atoms with Crippen LogP contribution in [0, 0.1) is 6.92 Å². The molecule has 0 saturated carbocycles. The lowest BCUT2D eigenvalue weighted by molar-refractivity contribution is -0.130. The Morgan fingerprint density at radius 2 is 2.00 bits per heavy atom. The maximum atomic E-state index is 12.8. The number of benzene rings is 2. The van der Waals surface area contributed by atoms with Gasteiger partial charge in [0, 0.05) is 37.0 Å². The lowest BCUT2D eigenvalue weighted by atomic mass is 10.0. The van der Waals surface area contributed by atoms with Gasteiger partial charge in [-0.2, -0.15) is 0 Å². The summed E-state index contributed by atoms with van der Waals surface area (Å²) in [7, 11) is 3.34. The number of imidazole rings is 1. The molecule has 166 valence electrons. The second-order valence-electron chi connectivity index (χ2n) is 7.87. The second-order valence-corrected chi connectivity index (χ2v) is 7.87. The van der Waals surface area contributed by atoms with Gasteiger partial charge in [0.15, 0.2) is 0 Å². The van der Waals surface area contributed by atoms with Gasteiger partial charge in [0.2, 0.25) is 5.91 Å². The summed E-state index contributed by atoms with van der Waals surface area (Å²) >= 11 is 0. The molecule has 7 heteroatoms. The molecule has 0 aliphatic carbocycles. The maximum Gasteiger partial charge on any atom is 0.339 e. The Morgan fingerprint density at radius 1 is 1.22 bits per heavy atom. The lowest BCUT2D eigenvalue weighted by Gasteiger charge is -2.18. The Labute approximate surface area is 186 Å². The molecule has 0 atom stereocenters. The highest BCUT2D eigenvalue weighted by atomic mass is 16.5. The van der Waals surface area contributed by atoms with Crippen LogP contribution in [0.1, 0.15) is 30.3 Å². The highest BCUT2D eigenvalue weighted by Gasteiger charge is 2.18. The van der Waals surface area contributed by atoms with Gasteiger partial charge < -0.3 is 18.6 Å². The first-order valence-corrected chi connectivity index (χ1v) is 10.7. The fraction of sp³-hybridized carbons (Fsp3) is 0.320. The number of aryl methyl sites for hydroxylation is 2. The molecule has 0 aliphatic rings. The number of amides is 1. The minimum atomic E-state index is -0.411. The minimum Gasteiger partial charge on any atom is -0.497 e. The van der Waals surface area contributed by atoms with Crippen molar-refractivity contribution in [3.05, 3.63) is 69.8 Å². The molecule has 0 spiro atoms. The molecule has 2 heterocycles. The zero-order chi connectivity index (χ0) is 22.8. The summed E-state index contributed by atoms with van der Waals surface area (Å²) < 4.78 is 12.8. The molecule has 7 nitrogen and oxygen atoms in total. The molecule has 2 aromatic heterocycles. The van der Waals surface area contributed by atoms with Crippen molar-refractivity contribution >= 4 is 27.9 Å². The summed E-state index contributed by atoms with van der Waals surface area (Å²) in [5.41, 5.74) is 3.43. The predicted molar refractivity (Wildman–Crippen MR) is 124 cm³/mol. The van der Waals surface area contributed by atoms with E-state index in [0.29, 0.717) is 29.9 Å². The van der Waals surface area contributed by atoms with Crippen LogP contribution in [0.5, 0.6) is 5.75 Å². The van der Waals surface area contributed by atoms with E-state index in [9.17, 15) is 9.59 Å². The molecule has 4 aromatic rings. The third-order valence-corrected chi connectivity index (χ3v) is 5.94. The first-order chi connectivity index (χ1) is 15.4. The summed E-state index contributed by atoms with van der Waals surface area (Å²) in [6.45, 7) is 5.14. The Balaban J connectivity index is 1.50. The average molecular weight is 434 g/mol.